The van der Waals surface area contributed by atoms with Crippen molar-refractivity contribution < 1.29 is 18.0 Å². The van der Waals surface area contributed by atoms with E-state index in [1.54, 1.807) is 12.1 Å². The summed E-state index contributed by atoms with van der Waals surface area (Å²) >= 11 is 6.06. The highest BCUT2D eigenvalue weighted by Gasteiger charge is 2.33. The van der Waals surface area contributed by atoms with Gasteiger partial charge in [-0.3, -0.25) is 13.9 Å². The third-order valence-corrected chi connectivity index (χ3v) is 8.34. The molecule has 1 aliphatic rings. The third kappa shape index (κ3) is 7.71. The number of carbonyl (C=O) groups excluding carboxylic acids is 2. The van der Waals surface area contributed by atoms with Crippen LogP contribution in [0.3, 0.4) is 0 Å². The van der Waals surface area contributed by atoms with Crippen molar-refractivity contribution in [1.82, 2.24) is 10.2 Å². The summed E-state index contributed by atoms with van der Waals surface area (Å²) in [7, 11) is -3.78. The zero-order valence-corrected chi connectivity index (χ0v) is 23.7. The highest BCUT2D eigenvalue weighted by atomic mass is 35.5. The first-order valence-corrected chi connectivity index (χ1v) is 15.1. The Labute approximate surface area is 226 Å². The van der Waals surface area contributed by atoms with E-state index in [1.807, 2.05) is 51.1 Å². The molecule has 0 bridgehead atoms. The second kappa shape index (κ2) is 12.8. The van der Waals surface area contributed by atoms with E-state index in [1.165, 1.54) is 11.3 Å². The molecule has 0 radical (unpaired) electrons. The van der Waals surface area contributed by atoms with Crippen molar-refractivity contribution in [3.8, 4) is 0 Å². The molecule has 37 heavy (non-hydrogen) atoms. The van der Waals surface area contributed by atoms with E-state index in [0.29, 0.717) is 17.1 Å². The van der Waals surface area contributed by atoms with Crippen LogP contribution in [0.2, 0.25) is 5.02 Å². The van der Waals surface area contributed by atoms with Gasteiger partial charge in [-0.25, -0.2) is 8.42 Å². The molecule has 0 aromatic heterocycles. The molecule has 0 saturated heterocycles. The quantitative estimate of drug-likeness (QED) is 0.454. The Morgan fingerprint density at radius 2 is 1.62 bits per heavy atom. The van der Waals surface area contributed by atoms with Crippen LogP contribution in [0.25, 0.3) is 0 Å². The van der Waals surface area contributed by atoms with Gasteiger partial charge in [-0.05, 0) is 61.9 Å². The second-order valence-electron chi connectivity index (χ2n) is 9.93. The Bertz CT molecular complexity index is 1170. The van der Waals surface area contributed by atoms with Crippen molar-refractivity contribution in [2.75, 3.05) is 17.1 Å². The van der Waals surface area contributed by atoms with Crippen LogP contribution in [-0.2, 0) is 26.2 Å². The maximum Gasteiger partial charge on any atom is 0.244 e. The molecule has 1 N–H and O–H groups in total. The predicted molar refractivity (Wildman–Crippen MR) is 149 cm³/mol. The number of sulfonamides is 1. The van der Waals surface area contributed by atoms with Gasteiger partial charge in [-0.15, -0.1) is 0 Å². The van der Waals surface area contributed by atoms with E-state index in [0.717, 1.165) is 52.9 Å². The van der Waals surface area contributed by atoms with E-state index in [2.05, 4.69) is 5.32 Å². The smallest absolute Gasteiger partial charge is 0.244 e. The van der Waals surface area contributed by atoms with Crippen LogP contribution < -0.4 is 9.62 Å². The monoisotopic (exact) mass is 547 g/mol. The molecule has 2 aromatic rings. The standard InChI is InChI=1S/C28H38ClN3O4S/c1-5-25(28(34)30-24-12-7-6-8-13-24)31(18-22-14-16-23(29)17-15-22)26(33)19-32(37(4,35)36)27-20(2)10-9-11-21(27)3/h9-11,14-17,24-25H,5-8,12-13,18-19H2,1-4H3,(H,30,34). The average molecular weight is 548 g/mol. The van der Waals surface area contributed by atoms with Crippen LogP contribution in [0.1, 0.15) is 62.1 Å². The zero-order chi connectivity index (χ0) is 27.2. The van der Waals surface area contributed by atoms with Crippen LogP contribution in [0, 0.1) is 13.8 Å². The fourth-order valence-corrected chi connectivity index (χ4v) is 6.12. The minimum atomic E-state index is -3.78. The fourth-order valence-electron chi connectivity index (χ4n) is 5.03. The lowest BCUT2D eigenvalue weighted by atomic mass is 9.95. The zero-order valence-electron chi connectivity index (χ0n) is 22.2. The number of halogens is 1. The van der Waals surface area contributed by atoms with Crippen LogP contribution >= 0.6 is 11.6 Å². The number of aryl methyl sites for hydroxylation is 2. The summed E-state index contributed by atoms with van der Waals surface area (Å²) in [6.07, 6.45) is 6.69. The van der Waals surface area contributed by atoms with E-state index in [4.69, 9.17) is 11.6 Å². The molecule has 0 spiro atoms. The summed E-state index contributed by atoms with van der Waals surface area (Å²) in [5.41, 5.74) is 2.80. The highest BCUT2D eigenvalue weighted by Crippen LogP contribution is 2.27. The van der Waals surface area contributed by atoms with E-state index in [-0.39, 0.29) is 18.5 Å². The Morgan fingerprint density at radius 1 is 1.03 bits per heavy atom. The number of hydrogen-bond acceptors (Lipinski definition) is 4. The molecule has 202 valence electrons. The largest absolute Gasteiger partial charge is 0.352 e. The summed E-state index contributed by atoms with van der Waals surface area (Å²) < 4.78 is 26.9. The molecule has 1 atom stereocenters. The number of para-hydroxylation sites is 1. The predicted octanol–water partition coefficient (Wildman–Crippen LogP) is 4.98. The van der Waals surface area contributed by atoms with Crippen molar-refractivity contribution in [1.29, 1.82) is 0 Å². The van der Waals surface area contributed by atoms with Crippen molar-refractivity contribution in [3.05, 3.63) is 64.2 Å². The lowest BCUT2D eigenvalue weighted by molar-refractivity contribution is -0.140. The van der Waals surface area contributed by atoms with Gasteiger partial charge in [0, 0.05) is 17.6 Å². The molecule has 1 aliphatic carbocycles. The minimum Gasteiger partial charge on any atom is -0.352 e. The maximum absolute atomic E-state index is 13.9. The molecule has 3 rings (SSSR count). The summed E-state index contributed by atoms with van der Waals surface area (Å²) in [5.74, 6) is -0.636. The van der Waals surface area contributed by atoms with Gasteiger partial charge in [0.05, 0.1) is 11.9 Å². The van der Waals surface area contributed by atoms with Crippen molar-refractivity contribution in [2.24, 2.45) is 0 Å². The summed E-state index contributed by atoms with van der Waals surface area (Å²) in [6.45, 7) is 5.28. The molecule has 2 aromatic carbocycles. The number of carbonyl (C=O) groups is 2. The van der Waals surface area contributed by atoms with Crippen LogP contribution in [0.4, 0.5) is 5.69 Å². The van der Waals surface area contributed by atoms with Gasteiger partial charge in [0.2, 0.25) is 21.8 Å². The lowest BCUT2D eigenvalue weighted by Gasteiger charge is -2.34. The summed E-state index contributed by atoms with van der Waals surface area (Å²) in [6, 6.07) is 12.0. The maximum atomic E-state index is 13.9. The number of anilines is 1. The summed E-state index contributed by atoms with van der Waals surface area (Å²) in [5, 5.41) is 3.72. The Kier molecular flexibility index (Phi) is 10.0. The highest BCUT2D eigenvalue weighted by molar-refractivity contribution is 7.92. The van der Waals surface area contributed by atoms with Gasteiger partial charge in [0.15, 0.2) is 0 Å². The molecule has 1 saturated carbocycles. The molecular formula is C28H38ClN3O4S. The summed E-state index contributed by atoms with van der Waals surface area (Å²) in [4.78, 5) is 28.8. The molecule has 2 amide bonds. The van der Waals surface area contributed by atoms with Crippen molar-refractivity contribution in [2.45, 2.75) is 77.9 Å². The number of hydrogen-bond donors (Lipinski definition) is 1. The molecule has 0 heterocycles. The van der Waals surface area contributed by atoms with Crippen molar-refractivity contribution in [3.63, 3.8) is 0 Å². The molecule has 7 nitrogen and oxygen atoms in total. The van der Waals surface area contributed by atoms with E-state index >= 15 is 0 Å². The molecule has 9 heteroatoms. The van der Waals surface area contributed by atoms with Crippen LogP contribution in [0.5, 0.6) is 0 Å². The fraction of sp³-hybridized carbons (Fsp3) is 0.500. The third-order valence-electron chi connectivity index (χ3n) is 6.97. The van der Waals surface area contributed by atoms with E-state index < -0.39 is 28.5 Å². The lowest BCUT2D eigenvalue weighted by Crippen LogP contribution is -2.54. The second-order valence-corrected chi connectivity index (χ2v) is 12.3. The first-order valence-electron chi connectivity index (χ1n) is 12.9. The minimum absolute atomic E-state index is 0.102. The molecule has 1 unspecified atom stereocenters. The molecule has 0 aliphatic heterocycles. The normalized spacial score (nSPS) is 15.2. The van der Waals surface area contributed by atoms with Crippen molar-refractivity contribution >= 4 is 39.1 Å². The SMILES string of the molecule is CCC(C(=O)NC1CCCCC1)N(Cc1ccc(Cl)cc1)C(=O)CN(c1c(C)cccc1C)S(C)(=O)=O. The Hall–Kier alpha value is -2.58. The first-order chi connectivity index (χ1) is 17.5. The van der Waals surface area contributed by atoms with Gasteiger partial charge in [0.1, 0.15) is 12.6 Å². The van der Waals surface area contributed by atoms with Gasteiger partial charge >= 0.3 is 0 Å². The number of amides is 2. The number of benzene rings is 2. The number of nitrogens with one attached hydrogen (secondary N) is 1. The first kappa shape index (κ1) is 29.0. The van der Waals surface area contributed by atoms with Gasteiger partial charge in [-0.2, -0.15) is 0 Å². The number of nitrogens with zero attached hydrogens (tertiary/aromatic N) is 2. The van der Waals surface area contributed by atoms with Gasteiger partial charge in [0.25, 0.3) is 0 Å². The van der Waals surface area contributed by atoms with Crippen LogP contribution in [-0.4, -0.2) is 50.0 Å². The number of rotatable bonds is 10. The topological polar surface area (TPSA) is 86.8 Å². The Balaban J connectivity index is 1.94. The molecular weight excluding hydrogens is 510 g/mol. The molecule has 1 fully saturated rings. The van der Waals surface area contributed by atoms with Gasteiger partial charge in [-0.1, -0.05) is 68.1 Å². The van der Waals surface area contributed by atoms with Crippen LogP contribution in [0.15, 0.2) is 42.5 Å². The van der Waals surface area contributed by atoms with E-state index in [9.17, 15) is 18.0 Å². The Morgan fingerprint density at radius 3 is 2.16 bits per heavy atom. The average Bonchev–Trinajstić information content (AvgIpc) is 2.84. The van der Waals surface area contributed by atoms with Gasteiger partial charge < -0.3 is 10.2 Å².